The molecule has 0 aliphatic rings. The van der Waals surface area contributed by atoms with Gasteiger partial charge in [-0.3, -0.25) is 10.1 Å². The van der Waals surface area contributed by atoms with Gasteiger partial charge in [0.25, 0.3) is 0 Å². The van der Waals surface area contributed by atoms with Crippen molar-refractivity contribution in [3.63, 3.8) is 0 Å². The Morgan fingerprint density at radius 3 is 3.00 bits per heavy atom. The van der Waals surface area contributed by atoms with Crippen LogP contribution >= 0.6 is 11.6 Å². The molecule has 6 heteroatoms. The van der Waals surface area contributed by atoms with E-state index in [1.165, 1.54) is 12.3 Å². The topological polar surface area (TPSA) is 65.3 Å². The summed E-state index contributed by atoms with van der Waals surface area (Å²) in [7, 11) is 0. The molecule has 0 aromatic carbocycles. The molecule has 0 radical (unpaired) electrons. The fraction of sp³-hybridized carbons (Fsp3) is 0.375. The summed E-state index contributed by atoms with van der Waals surface area (Å²) in [4.78, 5) is 13.5. The van der Waals surface area contributed by atoms with Gasteiger partial charge >= 0.3 is 5.69 Å². The summed E-state index contributed by atoms with van der Waals surface area (Å²) < 4.78 is 5.18. The Balaban J connectivity index is 2.89. The van der Waals surface area contributed by atoms with E-state index in [1.54, 1.807) is 0 Å². The summed E-state index contributed by atoms with van der Waals surface area (Å²) in [6.45, 7) is 2.44. The van der Waals surface area contributed by atoms with Crippen molar-refractivity contribution in [1.29, 1.82) is 0 Å². The average molecular weight is 217 g/mol. The maximum atomic E-state index is 10.5. The van der Waals surface area contributed by atoms with Crippen LogP contribution in [0.2, 0.25) is 5.15 Å². The van der Waals surface area contributed by atoms with Crippen molar-refractivity contribution in [2.45, 2.75) is 13.3 Å². The first kappa shape index (κ1) is 10.7. The van der Waals surface area contributed by atoms with Crippen LogP contribution in [-0.2, 0) is 0 Å². The number of hydrogen-bond acceptors (Lipinski definition) is 4. The molecule has 1 aromatic heterocycles. The van der Waals surface area contributed by atoms with Gasteiger partial charge in [0.1, 0.15) is 5.75 Å². The maximum Gasteiger partial charge on any atom is 0.310 e. The van der Waals surface area contributed by atoms with Crippen LogP contribution in [-0.4, -0.2) is 16.5 Å². The Kier molecular flexibility index (Phi) is 3.64. The quantitative estimate of drug-likeness (QED) is 0.441. The van der Waals surface area contributed by atoms with Gasteiger partial charge in [-0.2, -0.15) is 0 Å². The highest BCUT2D eigenvalue weighted by Gasteiger charge is 2.14. The summed E-state index contributed by atoms with van der Waals surface area (Å²) in [5.41, 5.74) is -0.236. The molecule has 14 heavy (non-hydrogen) atoms. The van der Waals surface area contributed by atoms with Crippen LogP contribution in [0.4, 0.5) is 5.69 Å². The van der Waals surface area contributed by atoms with Gasteiger partial charge in [-0.05, 0) is 6.42 Å². The molecule has 0 aliphatic heterocycles. The van der Waals surface area contributed by atoms with Crippen LogP contribution in [0, 0.1) is 10.1 Å². The predicted octanol–water partition coefficient (Wildman–Crippen LogP) is 2.43. The van der Waals surface area contributed by atoms with Gasteiger partial charge in [0.15, 0.2) is 0 Å². The van der Waals surface area contributed by atoms with Gasteiger partial charge in [0.2, 0.25) is 5.15 Å². The van der Waals surface area contributed by atoms with Crippen LogP contribution in [0.3, 0.4) is 0 Å². The molecule has 0 saturated heterocycles. The molecule has 0 bridgehead atoms. The summed E-state index contributed by atoms with van der Waals surface area (Å²) in [6, 6.07) is 1.27. The molecule has 0 fully saturated rings. The number of pyridine rings is 1. The Bertz CT molecular complexity index is 343. The fourth-order valence-corrected chi connectivity index (χ4v) is 1.02. The Morgan fingerprint density at radius 2 is 2.43 bits per heavy atom. The monoisotopic (exact) mass is 216 g/mol. The first-order valence-corrected chi connectivity index (χ1v) is 4.45. The highest BCUT2D eigenvalue weighted by Crippen LogP contribution is 2.25. The third-order valence-electron chi connectivity index (χ3n) is 1.47. The Labute approximate surface area is 85.8 Å². The van der Waals surface area contributed by atoms with Crippen LogP contribution in [0.25, 0.3) is 0 Å². The summed E-state index contributed by atoms with van der Waals surface area (Å²) in [5, 5.41) is 10.3. The van der Waals surface area contributed by atoms with E-state index in [-0.39, 0.29) is 10.8 Å². The van der Waals surface area contributed by atoms with E-state index < -0.39 is 4.92 Å². The van der Waals surface area contributed by atoms with Crippen molar-refractivity contribution < 1.29 is 9.66 Å². The van der Waals surface area contributed by atoms with E-state index in [1.807, 2.05) is 6.92 Å². The summed E-state index contributed by atoms with van der Waals surface area (Å²) in [5.74, 6) is 0.364. The van der Waals surface area contributed by atoms with Crippen LogP contribution in [0.1, 0.15) is 13.3 Å². The largest absolute Gasteiger partial charge is 0.492 e. The van der Waals surface area contributed by atoms with Gasteiger partial charge in [0.05, 0.1) is 23.8 Å². The van der Waals surface area contributed by atoms with E-state index in [0.29, 0.717) is 12.4 Å². The number of aromatic nitrogens is 1. The Morgan fingerprint density at radius 1 is 1.71 bits per heavy atom. The summed E-state index contributed by atoms with van der Waals surface area (Å²) >= 11 is 5.52. The van der Waals surface area contributed by atoms with E-state index in [2.05, 4.69) is 4.98 Å². The SMILES string of the molecule is CCCOc1cnc(Cl)c([N+](=O)[O-])c1. The van der Waals surface area contributed by atoms with Crippen molar-refractivity contribution in [3.05, 3.63) is 27.5 Å². The minimum atomic E-state index is -0.589. The molecule has 76 valence electrons. The second kappa shape index (κ2) is 4.76. The highest BCUT2D eigenvalue weighted by molar-refractivity contribution is 6.31. The number of rotatable bonds is 4. The lowest BCUT2D eigenvalue weighted by molar-refractivity contribution is -0.385. The van der Waals surface area contributed by atoms with Gasteiger partial charge < -0.3 is 4.74 Å². The lowest BCUT2D eigenvalue weighted by atomic mass is 10.4. The van der Waals surface area contributed by atoms with Gasteiger partial charge in [-0.1, -0.05) is 18.5 Å². The van der Waals surface area contributed by atoms with E-state index >= 15 is 0 Å². The van der Waals surface area contributed by atoms with Crippen molar-refractivity contribution in [3.8, 4) is 5.75 Å². The molecule has 1 rings (SSSR count). The van der Waals surface area contributed by atoms with E-state index in [0.717, 1.165) is 6.42 Å². The van der Waals surface area contributed by atoms with E-state index in [9.17, 15) is 10.1 Å². The Hall–Kier alpha value is -1.36. The number of hydrogen-bond donors (Lipinski definition) is 0. The number of nitro groups is 1. The zero-order valence-corrected chi connectivity index (χ0v) is 8.32. The molecule has 0 aliphatic carbocycles. The molecule has 0 atom stereocenters. The lowest BCUT2D eigenvalue weighted by Gasteiger charge is -2.03. The average Bonchev–Trinajstić information content (AvgIpc) is 2.16. The molecule has 5 nitrogen and oxygen atoms in total. The zero-order valence-electron chi connectivity index (χ0n) is 7.57. The second-order valence-corrected chi connectivity index (χ2v) is 2.94. The summed E-state index contributed by atoms with van der Waals surface area (Å²) in [6.07, 6.45) is 2.20. The van der Waals surface area contributed by atoms with Crippen molar-refractivity contribution >= 4 is 17.3 Å². The highest BCUT2D eigenvalue weighted by atomic mass is 35.5. The van der Waals surface area contributed by atoms with Crippen LogP contribution in [0.15, 0.2) is 12.3 Å². The smallest absolute Gasteiger partial charge is 0.310 e. The molecular formula is C8H9ClN2O3. The van der Waals surface area contributed by atoms with Gasteiger partial charge in [-0.25, -0.2) is 4.98 Å². The van der Waals surface area contributed by atoms with E-state index in [4.69, 9.17) is 16.3 Å². The molecule has 1 aromatic rings. The molecule has 0 amide bonds. The lowest BCUT2D eigenvalue weighted by Crippen LogP contribution is -1.97. The molecule has 0 unspecified atom stereocenters. The molecule has 0 N–H and O–H groups in total. The fourth-order valence-electron chi connectivity index (χ4n) is 0.845. The third-order valence-corrected chi connectivity index (χ3v) is 1.76. The standard InChI is InChI=1S/C8H9ClN2O3/c1-2-3-14-6-4-7(11(12)13)8(9)10-5-6/h4-5H,2-3H2,1H3. The number of nitrogens with zero attached hydrogens (tertiary/aromatic N) is 2. The predicted molar refractivity (Wildman–Crippen MR) is 51.7 cm³/mol. The van der Waals surface area contributed by atoms with Gasteiger partial charge in [-0.15, -0.1) is 0 Å². The number of ether oxygens (including phenoxy) is 1. The molecular weight excluding hydrogens is 208 g/mol. The number of halogens is 1. The van der Waals surface area contributed by atoms with Crippen molar-refractivity contribution in [2.75, 3.05) is 6.61 Å². The van der Waals surface area contributed by atoms with Gasteiger partial charge in [0, 0.05) is 0 Å². The minimum Gasteiger partial charge on any atom is -0.492 e. The zero-order chi connectivity index (χ0) is 10.6. The first-order valence-electron chi connectivity index (χ1n) is 4.08. The molecule has 0 spiro atoms. The first-order chi connectivity index (χ1) is 6.65. The van der Waals surface area contributed by atoms with Crippen molar-refractivity contribution in [2.24, 2.45) is 0 Å². The molecule has 0 saturated carbocycles. The maximum absolute atomic E-state index is 10.5. The normalized spacial score (nSPS) is 9.86. The van der Waals surface area contributed by atoms with Crippen LogP contribution in [0.5, 0.6) is 5.75 Å². The van der Waals surface area contributed by atoms with Crippen molar-refractivity contribution in [1.82, 2.24) is 4.98 Å². The van der Waals surface area contributed by atoms with Crippen LogP contribution < -0.4 is 4.74 Å². The molecule has 1 heterocycles. The third kappa shape index (κ3) is 2.56. The minimum absolute atomic E-state index is 0.126. The second-order valence-electron chi connectivity index (χ2n) is 2.59.